The fourth-order valence-electron chi connectivity index (χ4n) is 2.57. The first kappa shape index (κ1) is 18.0. The zero-order chi connectivity index (χ0) is 13.5. The van der Waals surface area contributed by atoms with Gasteiger partial charge in [-0.2, -0.15) is 0 Å². The predicted octanol–water partition coefficient (Wildman–Crippen LogP) is 5.10. The van der Waals surface area contributed by atoms with Crippen molar-refractivity contribution in [1.82, 2.24) is 0 Å². The highest BCUT2D eigenvalue weighted by Gasteiger charge is 2.05. The zero-order valence-corrected chi connectivity index (χ0v) is 13.2. The van der Waals surface area contributed by atoms with Crippen molar-refractivity contribution in [2.45, 2.75) is 110 Å². The van der Waals surface area contributed by atoms with Crippen molar-refractivity contribution in [3.63, 3.8) is 0 Å². The number of hydrogen-bond donors (Lipinski definition) is 1. The van der Waals surface area contributed by atoms with Crippen molar-refractivity contribution < 1.29 is 5.73 Å². The Morgan fingerprint density at radius 1 is 0.556 bits per heavy atom. The van der Waals surface area contributed by atoms with Crippen LogP contribution in [-0.2, 0) is 0 Å². The van der Waals surface area contributed by atoms with Crippen LogP contribution in [0.4, 0.5) is 0 Å². The SMILES string of the molecule is CCCCCCCCC([NH3+])CCCCCCCC. The molecule has 0 rings (SSSR count). The van der Waals surface area contributed by atoms with Crippen molar-refractivity contribution in [2.75, 3.05) is 0 Å². The Hall–Kier alpha value is -0.0400. The van der Waals surface area contributed by atoms with E-state index in [-0.39, 0.29) is 0 Å². The normalized spacial score (nSPS) is 11.3. The summed E-state index contributed by atoms with van der Waals surface area (Å²) in [5, 5.41) is 0. The topological polar surface area (TPSA) is 27.6 Å². The summed E-state index contributed by atoms with van der Waals surface area (Å²) in [5.74, 6) is 0. The van der Waals surface area contributed by atoms with Gasteiger partial charge in [0.25, 0.3) is 0 Å². The van der Waals surface area contributed by atoms with E-state index < -0.39 is 0 Å². The average molecular weight is 256 g/mol. The van der Waals surface area contributed by atoms with E-state index in [1.807, 2.05) is 0 Å². The van der Waals surface area contributed by atoms with Crippen LogP contribution >= 0.6 is 0 Å². The van der Waals surface area contributed by atoms with E-state index in [4.69, 9.17) is 0 Å². The molecule has 0 aromatic heterocycles. The number of unbranched alkanes of at least 4 members (excludes halogenated alkanes) is 10. The van der Waals surface area contributed by atoms with Gasteiger partial charge in [-0.25, -0.2) is 0 Å². The molecule has 1 heteroatoms. The van der Waals surface area contributed by atoms with Gasteiger partial charge in [0.05, 0.1) is 6.04 Å². The minimum Gasteiger partial charge on any atom is -0.355 e. The standard InChI is InChI=1S/C17H37N/c1-3-5-7-9-11-13-15-17(18)16-14-12-10-8-6-4-2/h17H,3-16,18H2,1-2H3/p+1. The Balaban J connectivity index is 3.10. The maximum Gasteiger partial charge on any atom is 0.0843 e. The van der Waals surface area contributed by atoms with E-state index in [0.29, 0.717) is 0 Å². The summed E-state index contributed by atoms with van der Waals surface area (Å²) in [6.45, 7) is 4.57. The lowest BCUT2D eigenvalue weighted by atomic mass is 10.0. The highest BCUT2D eigenvalue weighted by molar-refractivity contribution is 4.56. The minimum atomic E-state index is 0.724. The number of quaternary nitrogens is 1. The van der Waals surface area contributed by atoms with Gasteiger partial charge in [0.1, 0.15) is 0 Å². The maximum absolute atomic E-state index is 4.31. The molecule has 0 saturated carbocycles. The van der Waals surface area contributed by atoms with Gasteiger partial charge in [-0.15, -0.1) is 0 Å². The molecule has 0 aliphatic rings. The van der Waals surface area contributed by atoms with Crippen LogP contribution in [0.3, 0.4) is 0 Å². The molecule has 110 valence electrons. The largest absolute Gasteiger partial charge is 0.355 e. The lowest BCUT2D eigenvalue weighted by molar-refractivity contribution is -0.423. The van der Waals surface area contributed by atoms with Gasteiger partial charge in [0, 0.05) is 0 Å². The third-order valence-corrected chi connectivity index (χ3v) is 3.93. The molecule has 0 fully saturated rings. The van der Waals surface area contributed by atoms with E-state index in [9.17, 15) is 0 Å². The van der Waals surface area contributed by atoms with Crippen molar-refractivity contribution in [1.29, 1.82) is 0 Å². The van der Waals surface area contributed by atoms with Gasteiger partial charge >= 0.3 is 0 Å². The lowest BCUT2D eigenvalue weighted by Crippen LogP contribution is -2.60. The first-order valence-electron chi connectivity index (χ1n) is 8.64. The van der Waals surface area contributed by atoms with Gasteiger partial charge in [-0.3, -0.25) is 0 Å². The fraction of sp³-hybridized carbons (Fsp3) is 1.00. The van der Waals surface area contributed by atoms with Gasteiger partial charge in [0.2, 0.25) is 0 Å². The molecule has 0 amide bonds. The summed E-state index contributed by atoms with van der Waals surface area (Å²) in [6, 6.07) is 0.724. The molecular weight excluding hydrogens is 218 g/mol. The summed E-state index contributed by atoms with van der Waals surface area (Å²) in [6.07, 6.45) is 19.7. The van der Waals surface area contributed by atoms with Crippen LogP contribution in [0.15, 0.2) is 0 Å². The Morgan fingerprint density at radius 2 is 0.889 bits per heavy atom. The Kier molecular flexibility index (Phi) is 15.0. The minimum absolute atomic E-state index is 0.724. The molecule has 0 heterocycles. The summed E-state index contributed by atoms with van der Waals surface area (Å²) >= 11 is 0. The first-order chi connectivity index (χ1) is 8.81. The molecule has 0 radical (unpaired) electrons. The second-order valence-corrected chi connectivity index (χ2v) is 5.98. The molecule has 18 heavy (non-hydrogen) atoms. The molecule has 0 unspecified atom stereocenters. The van der Waals surface area contributed by atoms with Crippen LogP contribution in [0.1, 0.15) is 104 Å². The lowest BCUT2D eigenvalue weighted by Gasteiger charge is -2.08. The summed E-state index contributed by atoms with van der Waals surface area (Å²) in [7, 11) is 0. The van der Waals surface area contributed by atoms with Crippen molar-refractivity contribution in [3.8, 4) is 0 Å². The summed E-state index contributed by atoms with van der Waals surface area (Å²) in [4.78, 5) is 0. The first-order valence-corrected chi connectivity index (χ1v) is 8.64. The monoisotopic (exact) mass is 256 g/mol. The molecule has 1 nitrogen and oxygen atoms in total. The van der Waals surface area contributed by atoms with Crippen LogP contribution < -0.4 is 5.73 Å². The number of rotatable bonds is 14. The van der Waals surface area contributed by atoms with Gasteiger partial charge < -0.3 is 5.73 Å². The number of hydrogen-bond acceptors (Lipinski definition) is 0. The van der Waals surface area contributed by atoms with Gasteiger partial charge in [0.15, 0.2) is 0 Å². The van der Waals surface area contributed by atoms with Crippen LogP contribution in [0.5, 0.6) is 0 Å². The summed E-state index contributed by atoms with van der Waals surface area (Å²) in [5.41, 5.74) is 4.31. The average Bonchev–Trinajstić information content (AvgIpc) is 2.38. The fourth-order valence-corrected chi connectivity index (χ4v) is 2.57. The maximum atomic E-state index is 4.31. The van der Waals surface area contributed by atoms with Crippen LogP contribution in [0.2, 0.25) is 0 Å². The van der Waals surface area contributed by atoms with E-state index in [1.165, 1.54) is 89.9 Å². The molecule has 0 aliphatic heterocycles. The van der Waals surface area contributed by atoms with Crippen molar-refractivity contribution in [3.05, 3.63) is 0 Å². The van der Waals surface area contributed by atoms with Gasteiger partial charge in [-0.05, 0) is 25.7 Å². The van der Waals surface area contributed by atoms with Crippen molar-refractivity contribution >= 4 is 0 Å². The molecule has 0 spiro atoms. The highest BCUT2D eigenvalue weighted by atomic mass is 14.6. The summed E-state index contributed by atoms with van der Waals surface area (Å²) < 4.78 is 0. The van der Waals surface area contributed by atoms with E-state index >= 15 is 0 Å². The van der Waals surface area contributed by atoms with E-state index in [2.05, 4.69) is 19.6 Å². The quantitative estimate of drug-likeness (QED) is 0.419. The smallest absolute Gasteiger partial charge is 0.0843 e. The predicted molar refractivity (Wildman–Crippen MR) is 82.7 cm³/mol. The van der Waals surface area contributed by atoms with Crippen LogP contribution in [0, 0.1) is 0 Å². The van der Waals surface area contributed by atoms with Gasteiger partial charge in [-0.1, -0.05) is 78.1 Å². The van der Waals surface area contributed by atoms with Crippen LogP contribution in [-0.4, -0.2) is 6.04 Å². The molecule has 0 aliphatic carbocycles. The Bertz CT molecular complexity index is 129. The molecular formula is C17H38N+. The Labute approximate surface area is 116 Å². The molecule has 3 N–H and O–H groups in total. The zero-order valence-electron chi connectivity index (χ0n) is 13.2. The highest BCUT2D eigenvalue weighted by Crippen LogP contribution is 2.12. The molecule has 0 aromatic carbocycles. The Morgan fingerprint density at radius 3 is 1.28 bits per heavy atom. The van der Waals surface area contributed by atoms with Crippen molar-refractivity contribution in [2.24, 2.45) is 0 Å². The van der Waals surface area contributed by atoms with E-state index in [1.54, 1.807) is 0 Å². The van der Waals surface area contributed by atoms with Crippen LogP contribution in [0.25, 0.3) is 0 Å². The third-order valence-electron chi connectivity index (χ3n) is 3.93. The molecule has 0 aromatic rings. The second-order valence-electron chi connectivity index (χ2n) is 5.98. The third kappa shape index (κ3) is 14.0. The molecule has 0 atom stereocenters. The molecule has 0 saturated heterocycles. The van der Waals surface area contributed by atoms with E-state index in [0.717, 1.165) is 6.04 Å². The second kappa shape index (κ2) is 15.0. The molecule has 0 bridgehead atoms.